The molecule has 110 valence electrons. The number of aliphatic hydroxyl groups excluding tert-OH is 1. The minimum atomic E-state index is 0.0996. The zero-order valence-corrected chi connectivity index (χ0v) is 13.2. The number of benzene rings is 1. The fourth-order valence-corrected chi connectivity index (χ4v) is 5.32. The van der Waals surface area contributed by atoms with Gasteiger partial charge in [0, 0.05) is 47.7 Å². The highest BCUT2D eigenvalue weighted by molar-refractivity contribution is 8.03. The van der Waals surface area contributed by atoms with Gasteiger partial charge >= 0.3 is 0 Å². The molecular formula is C15H21NO2S2. The van der Waals surface area contributed by atoms with E-state index in [0.717, 1.165) is 31.0 Å². The standard InChI is InChI=1S/C15H21NO2S2/c17-9-12-1-2-15-13(7-12)8-16(3-4-18-15)14-10-19-5-6-20-11-14/h1-2,7,14,17H,3-6,8-11H2. The third kappa shape index (κ3) is 3.45. The van der Waals surface area contributed by atoms with Gasteiger partial charge in [-0.1, -0.05) is 6.07 Å². The van der Waals surface area contributed by atoms with Crippen molar-refractivity contribution < 1.29 is 9.84 Å². The number of hydrogen-bond donors (Lipinski definition) is 1. The quantitative estimate of drug-likeness (QED) is 0.905. The molecular weight excluding hydrogens is 290 g/mol. The van der Waals surface area contributed by atoms with E-state index in [0.29, 0.717) is 6.04 Å². The van der Waals surface area contributed by atoms with Crippen LogP contribution in [0.15, 0.2) is 18.2 Å². The maximum atomic E-state index is 9.30. The Bertz CT molecular complexity index is 447. The summed E-state index contributed by atoms with van der Waals surface area (Å²) in [4.78, 5) is 2.55. The normalized spacial score (nSPS) is 21.6. The molecule has 0 aromatic heterocycles. The van der Waals surface area contributed by atoms with E-state index in [2.05, 4.69) is 34.5 Å². The van der Waals surface area contributed by atoms with Crippen LogP contribution in [0.3, 0.4) is 0 Å². The number of thioether (sulfide) groups is 2. The lowest BCUT2D eigenvalue weighted by Crippen LogP contribution is -2.39. The highest BCUT2D eigenvalue weighted by Crippen LogP contribution is 2.28. The highest BCUT2D eigenvalue weighted by Gasteiger charge is 2.24. The molecule has 0 bridgehead atoms. The van der Waals surface area contributed by atoms with Crippen molar-refractivity contribution >= 4 is 23.5 Å². The van der Waals surface area contributed by atoms with Gasteiger partial charge in [-0.15, -0.1) is 0 Å². The number of ether oxygens (including phenoxy) is 1. The lowest BCUT2D eigenvalue weighted by molar-refractivity contribution is 0.194. The molecule has 0 radical (unpaired) electrons. The number of nitrogens with zero attached hydrogens (tertiary/aromatic N) is 1. The summed E-state index contributed by atoms with van der Waals surface area (Å²) >= 11 is 4.14. The van der Waals surface area contributed by atoms with Crippen molar-refractivity contribution in [2.75, 3.05) is 36.2 Å². The lowest BCUT2D eigenvalue weighted by atomic mass is 10.1. The Labute approximate surface area is 129 Å². The molecule has 0 aliphatic carbocycles. The molecule has 2 aliphatic rings. The lowest BCUT2D eigenvalue weighted by Gasteiger charge is -2.28. The summed E-state index contributed by atoms with van der Waals surface area (Å²) in [6.07, 6.45) is 0. The first-order chi connectivity index (χ1) is 9.86. The van der Waals surface area contributed by atoms with E-state index in [1.54, 1.807) is 0 Å². The molecule has 3 rings (SSSR count). The summed E-state index contributed by atoms with van der Waals surface area (Å²) < 4.78 is 5.86. The van der Waals surface area contributed by atoms with E-state index >= 15 is 0 Å². The highest BCUT2D eigenvalue weighted by atomic mass is 32.2. The predicted octanol–water partition coefficient (Wildman–Crippen LogP) is 2.22. The van der Waals surface area contributed by atoms with Crippen molar-refractivity contribution in [3.8, 4) is 5.75 Å². The number of rotatable bonds is 2. The minimum absolute atomic E-state index is 0.0996. The molecule has 1 aromatic carbocycles. The maximum Gasteiger partial charge on any atom is 0.123 e. The summed E-state index contributed by atoms with van der Waals surface area (Å²) in [6, 6.07) is 6.68. The number of aliphatic hydroxyl groups is 1. The van der Waals surface area contributed by atoms with Crippen molar-refractivity contribution in [2.24, 2.45) is 0 Å². The van der Waals surface area contributed by atoms with Gasteiger partial charge in [-0.2, -0.15) is 23.5 Å². The summed E-state index contributed by atoms with van der Waals surface area (Å²) in [6.45, 7) is 2.80. The molecule has 0 saturated carbocycles. The zero-order chi connectivity index (χ0) is 13.8. The van der Waals surface area contributed by atoms with Crippen LogP contribution in [0, 0.1) is 0 Å². The van der Waals surface area contributed by atoms with E-state index in [4.69, 9.17) is 4.74 Å². The first-order valence-electron chi connectivity index (χ1n) is 7.12. The van der Waals surface area contributed by atoms with Gasteiger partial charge in [-0.05, 0) is 17.7 Å². The van der Waals surface area contributed by atoms with Gasteiger partial charge in [0.2, 0.25) is 0 Å². The summed E-state index contributed by atoms with van der Waals surface area (Å²) in [5, 5.41) is 9.30. The Hall–Kier alpha value is -0.360. The smallest absolute Gasteiger partial charge is 0.123 e. The molecule has 2 heterocycles. The first kappa shape index (κ1) is 14.6. The van der Waals surface area contributed by atoms with E-state index < -0.39 is 0 Å². The summed E-state index contributed by atoms with van der Waals surface area (Å²) in [5.74, 6) is 5.98. The van der Waals surface area contributed by atoms with Crippen LogP contribution in [0.4, 0.5) is 0 Å². The Morgan fingerprint density at radius 1 is 1.25 bits per heavy atom. The second-order valence-electron chi connectivity index (χ2n) is 5.22. The molecule has 1 N–H and O–H groups in total. The maximum absolute atomic E-state index is 9.30. The van der Waals surface area contributed by atoms with Crippen LogP contribution in [-0.2, 0) is 13.2 Å². The van der Waals surface area contributed by atoms with Crippen LogP contribution in [0.25, 0.3) is 0 Å². The average molecular weight is 311 g/mol. The first-order valence-corrected chi connectivity index (χ1v) is 9.43. The number of fused-ring (bicyclic) bond motifs is 1. The van der Waals surface area contributed by atoms with Gasteiger partial charge in [-0.25, -0.2) is 0 Å². The molecule has 0 amide bonds. The molecule has 5 heteroatoms. The van der Waals surface area contributed by atoms with E-state index in [1.807, 2.05) is 12.1 Å². The molecule has 2 aliphatic heterocycles. The van der Waals surface area contributed by atoms with Crippen LogP contribution >= 0.6 is 23.5 Å². The van der Waals surface area contributed by atoms with E-state index in [1.165, 1.54) is 28.6 Å². The molecule has 1 saturated heterocycles. The SMILES string of the molecule is OCc1ccc2c(c1)CN(C1CSCCSC1)CCO2. The molecule has 0 atom stereocenters. The topological polar surface area (TPSA) is 32.7 Å². The molecule has 0 unspecified atom stereocenters. The summed E-state index contributed by atoms with van der Waals surface area (Å²) in [5.41, 5.74) is 2.19. The largest absolute Gasteiger partial charge is 0.492 e. The predicted molar refractivity (Wildman–Crippen MR) is 86.7 cm³/mol. The van der Waals surface area contributed by atoms with Gasteiger partial charge in [-0.3, -0.25) is 4.90 Å². The van der Waals surface area contributed by atoms with Gasteiger partial charge in [0.25, 0.3) is 0 Å². The van der Waals surface area contributed by atoms with Crippen LogP contribution < -0.4 is 4.74 Å². The fraction of sp³-hybridized carbons (Fsp3) is 0.600. The van der Waals surface area contributed by atoms with Crippen molar-refractivity contribution in [2.45, 2.75) is 19.2 Å². The second-order valence-corrected chi connectivity index (χ2v) is 7.52. The van der Waals surface area contributed by atoms with Gasteiger partial charge in [0.15, 0.2) is 0 Å². The molecule has 1 fully saturated rings. The van der Waals surface area contributed by atoms with Gasteiger partial charge < -0.3 is 9.84 Å². The van der Waals surface area contributed by atoms with Crippen molar-refractivity contribution in [3.05, 3.63) is 29.3 Å². The van der Waals surface area contributed by atoms with Crippen molar-refractivity contribution in [1.82, 2.24) is 4.90 Å². The average Bonchev–Trinajstić information content (AvgIpc) is 2.86. The molecule has 1 aromatic rings. The van der Waals surface area contributed by atoms with Crippen molar-refractivity contribution in [1.29, 1.82) is 0 Å². The van der Waals surface area contributed by atoms with E-state index in [9.17, 15) is 5.11 Å². The van der Waals surface area contributed by atoms with Crippen molar-refractivity contribution in [3.63, 3.8) is 0 Å². The molecule has 0 spiro atoms. The Kier molecular flexibility index (Phi) is 5.15. The molecule has 20 heavy (non-hydrogen) atoms. The van der Waals surface area contributed by atoms with Crippen LogP contribution in [0.2, 0.25) is 0 Å². The summed E-state index contributed by atoms with van der Waals surface area (Å²) in [7, 11) is 0. The third-order valence-electron chi connectivity index (χ3n) is 3.83. The Morgan fingerprint density at radius 2 is 2.05 bits per heavy atom. The fourth-order valence-electron chi connectivity index (χ4n) is 2.69. The van der Waals surface area contributed by atoms with Gasteiger partial charge in [0.05, 0.1) is 6.61 Å². The monoisotopic (exact) mass is 311 g/mol. The van der Waals surface area contributed by atoms with Crippen LogP contribution in [0.1, 0.15) is 11.1 Å². The second kappa shape index (κ2) is 7.07. The third-order valence-corrected chi connectivity index (χ3v) is 6.31. The number of hydrogen-bond acceptors (Lipinski definition) is 5. The zero-order valence-electron chi connectivity index (χ0n) is 11.6. The van der Waals surface area contributed by atoms with E-state index in [-0.39, 0.29) is 6.61 Å². The van der Waals surface area contributed by atoms with Gasteiger partial charge in [0.1, 0.15) is 12.4 Å². The Morgan fingerprint density at radius 3 is 2.80 bits per heavy atom. The molecule has 3 nitrogen and oxygen atoms in total. The Balaban J connectivity index is 1.77. The van der Waals surface area contributed by atoms with Crippen LogP contribution in [-0.4, -0.2) is 52.2 Å². The minimum Gasteiger partial charge on any atom is -0.492 e. The van der Waals surface area contributed by atoms with Crippen LogP contribution in [0.5, 0.6) is 5.75 Å².